The number of nitro groups is 1. The predicted octanol–water partition coefficient (Wildman–Crippen LogP) is 2.49. The third kappa shape index (κ3) is 2.82. The molecular weight excluding hydrogens is 260 g/mol. The molecule has 0 bridgehead atoms. The lowest BCUT2D eigenvalue weighted by Crippen LogP contribution is -2.02. The van der Waals surface area contributed by atoms with Gasteiger partial charge in [-0.05, 0) is 19.1 Å². The number of rotatable bonds is 5. The van der Waals surface area contributed by atoms with Crippen LogP contribution in [0.5, 0.6) is 5.75 Å². The maximum Gasteiger partial charge on any atom is 0.313 e. The van der Waals surface area contributed by atoms with E-state index in [1.807, 2.05) is 6.92 Å². The van der Waals surface area contributed by atoms with Crippen molar-refractivity contribution in [3.8, 4) is 17.0 Å². The summed E-state index contributed by atoms with van der Waals surface area (Å²) < 4.78 is 5.40. The predicted molar refractivity (Wildman–Crippen MR) is 74.8 cm³/mol. The molecule has 0 aliphatic rings. The SMILES string of the molecule is CCOc1cccc(-c2nc(NC)ncc2[N+](=O)[O-])c1. The molecule has 2 rings (SSSR count). The molecule has 20 heavy (non-hydrogen) atoms. The highest BCUT2D eigenvalue weighted by Gasteiger charge is 2.19. The van der Waals surface area contributed by atoms with Crippen LogP contribution < -0.4 is 10.1 Å². The smallest absolute Gasteiger partial charge is 0.313 e. The summed E-state index contributed by atoms with van der Waals surface area (Å²) in [4.78, 5) is 18.6. The molecule has 7 heteroatoms. The van der Waals surface area contributed by atoms with E-state index < -0.39 is 4.92 Å². The van der Waals surface area contributed by atoms with Gasteiger partial charge in [0, 0.05) is 12.6 Å². The van der Waals surface area contributed by atoms with Crippen molar-refractivity contribution in [1.82, 2.24) is 9.97 Å². The number of ether oxygens (including phenoxy) is 1. The van der Waals surface area contributed by atoms with E-state index in [0.717, 1.165) is 0 Å². The molecule has 0 fully saturated rings. The average Bonchev–Trinajstić information content (AvgIpc) is 2.47. The van der Waals surface area contributed by atoms with Gasteiger partial charge in [0.25, 0.3) is 0 Å². The lowest BCUT2D eigenvalue weighted by atomic mass is 10.1. The topological polar surface area (TPSA) is 90.2 Å². The zero-order valence-electron chi connectivity index (χ0n) is 11.2. The second kappa shape index (κ2) is 5.96. The number of benzene rings is 1. The Balaban J connectivity index is 2.54. The van der Waals surface area contributed by atoms with Crippen molar-refractivity contribution in [2.75, 3.05) is 19.0 Å². The minimum Gasteiger partial charge on any atom is -0.494 e. The van der Waals surface area contributed by atoms with E-state index in [4.69, 9.17) is 4.74 Å². The van der Waals surface area contributed by atoms with E-state index in [1.165, 1.54) is 6.20 Å². The fourth-order valence-corrected chi connectivity index (χ4v) is 1.74. The molecule has 1 aromatic carbocycles. The van der Waals surface area contributed by atoms with Crippen LogP contribution in [0.4, 0.5) is 11.6 Å². The first-order valence-electron chi connectivity index (χ1n) is 6.08. The van der Waals surface area contributed by atoms with Crippen LogP contribution in [0.2, 0.25) is 0 Å². The van der Waals surface area contributed by atoms with Gasteiger partial charge in [0.05, 0.1) is 11.5 Å². The van der Waals surface area contributed by atoms with Gasteiger partial charge < -0.3 is 10.1 Å². The quantitative estimate of drug-likeness (QED) is 0.665. The Labute approximate surface area is 115 Å². The molecule has 104 valence electrons. The van der Waals surface area contributed by atoms with Gasteiger partial charge in [-0.15, -0.1) is 0 Å². The van der Waals surface area contributed by atoms with Crippen LogP contribution in [0.1, 0.15) is 6.92 Å². The monoisotopic (exact) mass is 274 g/mol. The summed E-state index contributed by atoms with van der Waals surface area (Å²) in [5, 5.41) is 13.8. The Morgan fingerprint density at radius 2 is 2.25 bits per heavy atom. The lowest BCUT2D eigenvalue weighted by Gasteiger charge is -2.07. The van der Waals surface area contributed by atoms with Crippen molar-refractivity contribution >= 4 is 11.6 Å². The molecule has 1 heterocycles. The molecule has 2 aromatic rings. The average molecular weight is 274 g/mol. The standard InChI is InChI=1S/C13H14N4O3/c1-3-20-10-6-4-5-9(7-10)12-11(17(18)19)8-15-13(14-2)16-12/h4-8H,3H2,1-2H3,(H,14,15,16). The van der Waals surface area contributed by atoms with Gasteiger partial charge in [-0.1, -0.05) is 12.1 Å². The maximum absolute atomic E-state index is 11.1. The second-order valence-corrected chi connectivity index (χ2v) is 3.90. The van der Waals surface area contributed by atoms with Gasteiger partial charge in [-0.25, -0.2) is 9.97 Å². The molecular formula is C13H14N4O3. The molecule has 0 atom stereocenters. The lowest BCUT2D eigenvalue weighted by molar-refractivity contribution is -0.384. The molecule has 1 N–H and O–H groups in total. The molecule has 0 amide bonds. The van der Waals surface area contributed by atoms with Crippen molar-refractivity contribution in [3.05, 3.63) is 40.6 Å². The van der Waals surface area contributed by atoms with Crippen molar-refractivity contribution < 1.29 is 9.66 Å². The van der Waals surface area contributed by atoms with Crippen molar-refractivity contribution in [1.29, 1.82) is 0 Å². The second-order valence-electron chi connectivity index (χ2n) is 3.90. The summed E-state index contributed by atoms with van der Waals surface area (Å²) in [6.45, 7) is 2.40. The summed E-state index contributed by atoms with van der Waals surface area (Å²) in [6.07, 6.45) is 1.20. The third-order valence-corrected chi connectivity index (χ3v) is 2.61. The Morgan fingerprint density at radius 3 is 2.90 bits per heavy atom. The van der Waals surface area contributed by atoms with E-state index in [0.29, 0.717) is 23.9 Å². The van der Waals surface area contributed by atoms with Crippen LogP contribution >= 0.6 is 0 Å². The molecule has 0 saturated heterocycles. The zero-order valence-corrected chi connectivity index (χ0v) is 11.2. The maximum atomic E-state index is 11.1. The Hall–Kier alpha value is -2.70. The van der Waals surface area contributed by atoms with Gasteiger partial charge in [-0.3, -0.25) is 10.1 Å². The number of hydrogen-bond acceptors (Lipinski definition) is 6. The first-order chi connectivity index (χ1) is 9.65. The minimum atomic E-state index is -0.498. The highest BCUT2D eigenvalue weighted by molar-refractivity contribution is 5.71. The Kier molecular flexibility index (Phi) is 4.09. The zero-order chi connectivity index (χ0) is 14.5. The summed E-state index contributed by atoms with van der Waals surface area (Å²) in [7, 11) is 1.65. The Bertz CT molecular complexity index is 631. The number of hydrogen-bond donors (Lipinski definition) is 1. The van der Waals surface area contributed by atoms with E-state index >= 15 is 0 Å². The summed E-state index contributed by atoms with van der Waals surface area (Å²) in [5.74, 6) is 0.969. The first-order valence-corrected chi connectivity index (χ1v) is 6.08. The largest absolute Gasteiger partial charge is 0.494 e. The molecule has 7 nitrogen and oxygen atoms in total. The van der Waals surface area contributed by atoms with Gasteiger partial charge in [-0.2, -0.15) is 0 Å². The Morgan fingerprint density at radius 1 is 1.45 bits per heavy atom. The van der Waals surface area contributed by atoms with Gasteiger partial charge in [0.15, 0.2) is 5.69 Å². The molecule has 0 aliphatic heterocycles. The fourth-order valence-electron chi connectivity index (χ4n) is 1.74. The van der Waals surface area contributed by atoms with Crippen LogP contribution in [0.25, 0.3) is 11.3 Å². The highest BCUT2D eigenvalue weighted by atomic mass is 16.6. The van der Waals surface area contributed by atoms with Gasteiger partial charge in [0.2, 0.25) is 5.95 Å². The molecule has 0 saturated carbocycles. The van der Waals surface area contributed by atoms with Crippen LogP contribution in [0.3, 0.4) is 0 Å². The van der Waals surface area contributed by atoms with Crippen molar-refractivity contribution in [2.45, 2.75) is 6.92 Å². The molecule has 1 aromatic heterocycles. The van der Waals surface area contributed by atoms with Crippen LogP contribution in [-0.4, -0.2) is 28.5 Å². The van der Waals surface area contributed by atoms with Crippen LogP contribution in [0, 0.1) is 10.1 Å². The number of nitrogens with one attached hydrogen (secondary N) is 1. The van der Waals surface area contributed by atoms with Crippen molar-refractivity contribution in [2.24, 2.45) is 0 Å². The van der Waals surface area contributed by atoms with E-state index in [2.05, 4.69) is 15.3 Å². The third-order valence-electron chi connectivity index (χ3n) is 2.61. The molecule has 0 radical (unpaired) electrons. The van der Waals surface area contributed by atoms with Gasteiger partial charge in [0.1, 0.15) is 11.9 Å². The number of nitrogens with zero attached hydrogens (tertiary/aromatic N) is 3. The molecule has 0 spiro atoms. The van der Waals surface area contributed by atoms with Gasteiger partial charge >= 0.3 is 5.69 Å². The van der Waals surface area contributed by atoms with Crippen molar-refractivity contribution in [3.63, 3.8) is 0 Å². The normalized spacial score (nSPS) is 10.1. The number of aromatic nitrogens is 2. The minimum absolute atomic E-state index is 0.141. The highest BCUT2D eigenvalue weighted by Crippen LogP contribution is 2.30. The van der Waals surface area contributed by atoms with Crippen LogP contribution in [-0.2, 0) is 0 Å². The number of anilines is 1. The fraction of sp³-hybridized carbons (Fsp3) is 0.231. The van der Waals surface area contributed by atoms with E-state index in [-0.39, 0.29) is 11.4 Å². The van der Waals surface area contributed by atoms with E-state index in [1.54, 1.807) is 31.3 Å². The summed E-state index contributed by atoms with van der Waals surface area (Å²) in [6, 6.07) is 7.03. The summed E-state index contributed by atoms with van der Waals surface area (Å²) in [5.41, 5.74) is 0.732. The first kappa shape index (κ1) is 13.7. The molecule has 0 unspecified atom stereocenters. The van der Waals surface area contributed by atoms with E-state index in [9.17, 15) is 10.1 Å². The summed E-state index contributed by atoms with van der Waals surface area (Å²) >= 11 is 0. The van der Waals surface area contributed by atoms with Crippen LogP contribution in [0.15, 0.2) is 30.5 Å². The molecule has 0 aliphatic carbocycles.